The maximum Gasteiger partial charge on any atom is 0.230 e. The number of rotatable bonds is 6. The van der Waals surface area contributed by atoms with Crippen molar-refractivity contribution < 1.29 is 9.53 Å². The quantitative estimate of drug-likeness (QED) is 0.592. The van der Waals surface area contributed by atoms with E-state index in [1.807, 2.05) is 0 Å². The van der Waals surface area contributed by atoms with Crippen LogP contribution in [0.1, 0.15) is 84.0 Å². The van der Waals surface area contributed by atoms with E-state index in [-0.39, 0.29) is 5.91 Å². The Labute approximate surface area is 175 Å². The summed E-state index contributed by atoms with van der Waals surface area (Å²) in [5.74, 6) is 0.891. The number of amides is 1. The van der Waals surface area contributed by atoms with E-state index >= 15 is 0 Å². The molecule has 0 atom stereocenters. The lowest BCUT2D eigenvalue weighted by Gasteiger charge is -2.40. The second-order valence-electron chi connectivity index (χ2n) is 8.47. The van der Waals surface area contributed by atoms with Gasteiger partial charge in [-0.1, -0.05) is 54.5 Å². The highest BCUT2D eigenvalue weighted by Crippen LogP contribution is 2.29. The topological polar surface area (TPSA) is 41.6 Å². The molecule has 27 heavy (non-hydrogen) atoms. The van der Waals surface area contributed by atoms with Crippen LogP contribution < -0.4 is 5.32 Å². The molecular weight excluding hydrogens is 404 g/mol. The van der Waals surface area contributed by atoms with Crippen molar-refractivity contribution in [3.05, 3.63) is 0 Å². The zero-order valence-corrected chi connectivity index (χ0v) is 19.0. The molecule has 1 saturated heterocycles. The van der Waals surface area contributed by atoms with Gasteiger partial charge in [0.05, 0.1) is 5.33 Å². The van der Waals surface area contributed by atoms with Crippen LogP contribution in [-0.4, -0.2) is 54.5 Å². The molecule has 2 saturated carbocycles. The van der Waals surface area contributed by atoms with Crippen molar-refractivity contribution in [2.45, 2.75) is 96.1 Å². The van der Waals surface area contributed by atoms with E-state index in [1.54, 1.807) is 0 Å². The van der Waals surface area contributed by atoms with Gasteiger partial charge in [0.1, 0.15) is 0 Å². The number of carbonyl (C=O) groups excluding carboxylic acids is 1. The minimum Gasteiger partial charge on any atom is -0.381 e. The van der Waals surface area contributed by atoms with Crippen molar-refractivity contribution in [2.75, 3.05) is 31.6 Å². The standard InChI is InChI=1S/C16H29BrN2O2.C6H12/c1-2-21-12-13-3-5-15(6-4-13)19-9-7-14(8-10-19)18-16(20)11-17;1-2-4-6-5-3-1/h13-15H,2-12H2,1H3,(H,18,20);1-6H2. The first-order valence-corrected chi connectivity index (χ1v) is 12.5. The van der Waals surface area contributed by atoms with E-state index in [4.69, 9.17) is 4.74 Å². The number of hydrogen-bond donors (Lipinski definition) is 1. The van der Waals surface area contributed by atoms with E-state index in [0.29, 0.717) is 11.4 Å². The lowest BCUT2D eigenvalue weighted by molar-refractivity contribution is -0.119. The Kier molecular flexibility index (Phi) is 12.0. The fourth-order valence-electron chi connectivity index (χ4n) is 4.70. The number of alkyl halides is 1. The van der Waals surface area contributed by atoms with Crippen molar-refractivity contribution in [3.8, 4) is 0 Å². The Hall–Kier alpha value is -0.130. The summed E-state index contributed by atoms with van der Waals surface area (Å²) < 4.78 is 5.56. The third-order valence-corrected chi connectivity index (χ3v) is 6.92. The van der Waals surface area contributed by atoms with E-state index in [2.05, 4.69) is 33.1 Å². The second-order valence-corrected chi connectivity index (χ2v) is 9.03. The van der Waals surface area contributed by atoms with E-state index in [1.165, 1.54) is 64.2 Å². The normalized spacial score (nSPS) is 27.5. The van der Waals surface area contributed by atoms with Gasteiger partial charge in [0.15, 0.2) is 0 Å². The highest BCUT2D eigenvalue weighted by molar-refractivity contribution is 9.09. The molecule has 3 rings (SSSR count). The molecule has 0 bridgehead atoms. The summed E-state index contributed by atoms with van der Waals surface area (Å²) >= 11 is 3.21. The molecule has 3 aliphatic rings. The fourth-order valence-corrected chi connectivity index (χ4v) is 4.86. The molecule has 1 aliphatic heterocycles. The predicted octanol–water partition coefficient (Wildman–Crippen LogP) is 4.90. The van der Waals surface area contributed by atoms with Crippen LogP contribution in [0.3, 0.4) is 0 Å². The van der Waals surface area contributed by atoms with E-state index in [0.717, 1.165) is 51.1 Å². The number of hydrogen-bond acceptors (Lipinski definition) is 3. The molecule has 158 valence electrons. The highest BCUT2D eigenvalue weighted by Gasteiger charge is 2.29. The summed E-state index contributed by atoms with van der Waals surface area (Å²) in [4.78, 5) is 14.0. The van der Waals surface area contributed by atoms with Gasteiger partial charge in [0, 0.05) is 38.4 Å². The zero-order chi connectivity index (χ0) is 19.3. The maximum absolute atomic E-state index is 11.4. The smallest absolute Gasteiger partial charge is 0.230 e. The molecule has 1 amide bonds. The van der Waals surface area contributed by atoms with Crippen LogP contribution in [-0.2, 0) is 9.53 Å². The Morgan fingerprint density at radius 2 is 1.52 bits per heavy atom. The zero-order valence-electron chi connectivity index (χ0n) is 17.4. The molecule has 5 heteroatoms. The molecule has 1 heterocycles. The van der Waals surface area contributed by atoms with Gasteiger partial charge >= 0.3 is 0 Å². The Morgan fingerprint density at radius 3 is 2.00 bits per heavy atom. The first kappa shape index (κ1) is 23.2. The number of likely N-dealkylation sites (tertiary alicyclic amines) is 1. The van der Waals surface area contributed by atoms with Gasteiger partial charge in [-0.05, 0) is 51.4 Å². The van der Waals surface area contributed by atoms with Crippen LogP contribution in [0, 0.1) is 5.92 Å². The maximum atomic E-state index is 11.4. The monoisotopic (exact) mass is 444 g/mol. The highest BCUT2D eigenvalue weighted by atomic mass is 79.9. The summed E-state index contributed by atoms with van der Waals surface area (Å²) in [5, 5.41) is 3.51. The summed E-state index contributed by atoms with van der Waals surface area (Å²) in [7, 11) is 0. The molecular formula is C22H41BrN2O2. The number of carbonyl (C=O) groups is 1. The molecule has 0 aromatic carbocycles. The molecule has 0 aromatic heterocycles. The minimum atomic E-state index is 0.116. The van der Waals surface area contributed by atoms with Crippen LogP contribution in [0.2, 0.25) is 0 Å². The summed E-state index contributed by atoms with van der Waals surface area (Å²) in [6, 6.07) is 1.14. The molecule has 1 N–H and O–H groups in total. The fraction of sp³-hybridized carbons (Fsp3) is 0.955. The molecule has 3 fully saturated rings. The molecule has 0 unspecified atom stereocenters. The van der Waals surface area contributed by atoms with Crippen molar-refractivity contribution in [1.29, 1.82) is 0 Å². The van der Waals surface area contributed by atoms with Gasteiger partial charge in [0.2, 0.25) is 5.91 Å². The number of nitrogens with one attached hydrogen (secondary N) is 1. The van der Waals surface area contributed by atoms with Gasteiger partial charge in [-0.2, -0.15) is 0 Å². The number of piperidine rings is 1. The van der Waals surface area contributed by atoms with Gasteiger partial charge in [0.25, 0.3) is 0 Å². The SMILES string of the molecule is C1CCCCC1.CCOCC1CCC(N2CCC(NC(=O)CBr)CC2)CC1. The van der Waals surface area contributed by atoms with Gasteiger partial charge in [-0.25, -0.2) is 0 Å². The molecule has 4 nitrogen and oxygen atoms in total. The van der Waals surface area contributed by atoms with Crippen molar-refractivity contribution in [2.24, 2.45) is 5.92 Å². The van der Waals surface area contributed by atoms with Crippen LogP contribution in [0.5, 0.6) is 0 Å². The summed E-state index contributed by atoms with van der Waals surface area (Å²) in [6.45, 7) is 6.13. The third kappa shape index (κ3) is 9.27. The van der Waals surface area contributed by atoms with Crippen LogP contribution in [0.15, 0.2) is 0 Å². The second kappa shape index (κ2) is 13.9. The first-order chi connectivity index (χ1) is 13.2. The first-order valence-electron chi connectivity index (χ1n) is 11.4. The average molecular weight is 445 g/mol. The van der Waals surface area contributed by atoms with Crippen LogP contribution in [0.4, 0.5) is 0 Å². The number of nitrogens with zero attached hydrogens (tertiary/aromatic N) is 1. The molecule has 2 aliphatic carbocycles. The Balaban J connectivity index is 0.000000369. The van der Waals surface area contributed by atoms with Crippen molar-refractivity contribution in [1.82, 2.24) is 10.2 Å². The lowest BCUT2D eigenvalue weighted by Crippen LogP contribution is -2.49. The molecule has 0 aromatic rings. The van der Waals surface area contributed by atoms with Crippen molar-refractivity contribution >= 4 is 21.8 Å². The minimum absolute atomic E-state index is 0.116. The molecule has 0 spiro atoms. The van der Waals surface area contributed by atoms with Crippen LogP contribution >= 0.6 is 15.9 Å². The predicted molar refractivity (Wildman–Crippen MR) is 116 cm³/mol. The summed E-state index contributed by atoms with van der Waals surface area (Å²) in [6.07, 6.45) is 16.4. The van der Waals surface area contributed by atoms with Gasteiger partial charge in [-0.3, -0.25) is 4.79 Å². The third-order valence-electron chi connectivity index (χ3n) is 6.41. The van der Waals surface area contributed by atoms with Crippen molar-refractivity contribution in [3.63, 3.8) is 0 Å². The van der Waals surface area contributed by atoms with E-state index in [9.17, 15) is 4.79 Å². The largest absolute Gasteiger partial charge is 0.381 e. The average Bonchev–Trinajstić information content (AvgIpc) is 2.75. The Bertz CT molecular complexity index is 376. The van der Waals surface area contributed by atoms with Gasteiger partial charge < -0.3 is 15.0 Å². The Morgan fingerprint density at radius 1 is 0.963 bits per heavy atom. The summed E-state index contributed by atoms with van der Waals surface area (Å²) in [5.41, 5.74) is 0. The number of halogens is 1. The van der Waals surface area contributed by atoms with Crippen LogP contribution in [0.25, 0.3) is 0 Å². The van der Waals surface area contributed by atoms with Gasteiger partial charge in [-0.15, -0.1) is 0 Å². The number of ether oxygens (including phenoxy) is 1. The lowest BCUT2D eigenvalue weighted by atomic mass is 9.85. The molecule has 0 radical (unpaired) electrons. The van der Waals surface area contributed by atoms with E-state index < -0.39 is 0 Å².